The number of hydrogen-bond acceptors (Lipinski definition) is 6. The Balaban J connectivity index is 2.07. The van der Waals surface area contributed by atoms with Gasteiger partial charge in [-0.1, -0.05) is 13.3 Å². The smallest absolute Gasteiger partial charge is 0.411 e. The Bertz CT molecular complexity index is 666. The van der Waals surface area contributed by atoms with Crippen molar-refractivity contribution in [1.82, 2.24) is 4.90 Å². The van der Waals surface area contributed by atoms with Crippen LogP contribution in [0.5, 0.6) is 0 Å². The molecule has 1 aliphatic rings. The minimum absolute atomic E-state index is 0.0387. The third-order valence-corrected chi connectivity index (χ3v) is 4.68. The number of nitro benzene ring substituents is 1. The zero-order valence-corrected chi connectivity index (χ0v) is 14.8. The highest BCUT2D eigenvalue weighted by atomic mass is 32.1. The van der Waals surface area contributed by atoms with Crippen molar-refractivity contribution in [2.75, 3.05) is 6.54 Å². The van der Waals surface area contributed by atoms with Gasteiger partial charge in [-0.15, -0.1) is 0 Å². The molecule has 0 bridgehead atoms. The van der Waals surface area contributed by atoms with Gasteiger partial charge in [0.1, 0.15) is 12.1 Å². The fourth-order valence-corrected chi connectivity index (χ4v) is 3.61. The number of ether oxygens (including phenoxy) is 1. The average Bonchev–Trinajstić information content (AvgIpc) is 2.91. The van der Waals surface area contributed by atoms with Crippen LogP contribution < -0.4 is 5.73 Å². The molecule has 0 aromatic heterocycles. The van der Waals surface area contributed by atoms with Crippen LogP contribution in [0.2, 0.25) is 0 Å². The highest BCUT2D eigenvalue weighted by molar-refractivity contribution is 7.81. The van der Waals surface area contributed by atoms with Gasteiger partial charge in [-0.05, 0) is 30.5 Å². The maximum Gasteiger partial charge on any atom is 0.411 e. The van der Waals surface area contributed by atoms with E-state index >= 15 is 0 Å². The molecule has 1 aliphatic heterocycles. The zero-order chi connectivity index (χ0) is 18.6. The molecule has 25 heavy (non-hydrogen) atoms. The molecule has 1 aromatic carbocycles. The van der Waals surface area contributed by atoms with Gasteiger partial charge in [-0.2, -0.15) is 12.6 Å². The normalized spacial score (nSPS) is 22.6. The van der Waals surface area contributed by atoms with E-state index < -0.39 is 22.5 Å². The summed E-state index contributed by atoms with van der Waals surface area (Å²) in [5, 5.41) is 10.5. The molecular formula is C16H21N3O5S. The van der Waals surface area contributed by atoms with Crippen molar-refractivity contribution in [2.45, 2.75) is 43.6 Å². The molecule has 2 amide bonds. The first-order chi connectivity index (χ1) is 11.8. The third-order valence-electron chi connectivity index (χ3n) is 4.34. The lowest BCUT2D eigenvalue weighted by Crippen LogP contribution is -2.56. The largest absolute Gasteiger partial charge is 0.445 e. The number of primary amides is 1. The lowest BCUT2D eigenvalue weighted by molar-refractivity contribution is -0.384. The Kier molecular flexibility index (Phi) is 5.89. The number of non-ortho nitro benzene ring substituents is 1. The number of nitrogens with two attached hydrogens (primary N) is 1. The molecule has 2 rings (SSSR count). The molecule has 1 unspecified atom stereocenters. The van der Waals surface area contributed by atoms with Gasteiger partial charge in [0.2, 0.25) is 5.91 Å². The number of carbonyl (C=O) groups is 2. The number of amides is 2. The molecule has 1 saturated heterocycles. The van der Waals surface area contributed by atoms with Crippen molar-refractivity contribution in [3.05, 3.63) is 39.9 Å². The Hall–Kier alpha value is -2.29. The van der Waals surface area contributed by atoms with Crippen molar-refractivity contribution in [2.24, 2.45) is 5.73 Å². The van der Waals surface area contributed by atoms with E-state index in [0.29, 0.717) is 24.8 Å². The molecule has 8 nitrogen and oxygen atoms in total. The molecule has 1 heterocycles. The summed E-state index contributed by atoms with van der Waals surface area (Å²) in [7, 11) is 0. The van der Waals surface area contributed by atoms with Gasteiger partial charge in [0.15, 0.2) is 0 Å². The van der Waals surface area contributed by atoms with E-state index in [1.165, 1.54) is 29.2 Å². The van der Waals surface area contributed by atoms with Gasteiger partial charge >= 0.3 is 6.09 Å². The second-order valence-corrected chi connectivity index (χ2v) is 6.82. The van der Waals surface area contributed by atoms with Crippen LogP contribution in [0.25, 0.3) is 0 Å². The molecule has 1 aromatic rings. The quantitative estimate of drug-likeness (QED) is 0.454. The predicted molar refractivity (Wildman–Crippen MR) is 94.2 cm³/mol. The highest BCUT2D eigenvalue weighted by Gasteiger charge is 2.51. The number of thiol groups is 1. The van der Waals surface area contributed by atoms with Crippen LogP contribution in [0.1, 0.15) is 31.7 Å². The van der Waals surface area contributed by atoms with E-state index in [9.17, 15) is 19.7 Å². The monoisotopic (exact) mass is 367 g/mol. The first kappa shape index (κ1) is 19.0. The van der Waals surface area contributed by atoms with Gasteiger partial charge in [-0.3, -0.25) is 19.8 Å². The van der Waals surface area contributed by atoms with Gasteiger partial charge in [0.25, 0.3) is 5.69 Å². The van der Waals surface area contributed by atoms with Crippen molar-refractivity contribution in [1.29, 1.82) is 0 Å². The van der Waals surface area contributed by atoms with E-state index in [-0.39, 0.29) is 24.1 Å². The van der Waals surface area contributed by atoms with Gasteiger partial charge in [-0.25, -0.2) is 4.79 Å². The molecule has 1 fully saturated rings. The third kappa shape index (κ3) is 4.04. The number of hydrogen-bond donors (Lipinski definition) is 2. The number of likely N-dealkylation sites (tertiary alicyclic amines) is 1. The summed E-state index contributed by atoms with van der Waals surface area (Å²) in [5.74, 6) is -0.557. The van der Waals surface area contributed by atoms with Crippen molar-refractivity contribution in [3.8, 4) is 0 Å². The van der Waals surface area contributed by atoms with Crippen LogP contribution in [0.4, 0.5) is 10.5 Å². The van der Waals surface area contributed by atoms with Crippen LogP contribution >= 0.6 is 12.6 Å². The second-order valence-electron chi connectivity index (χ2n) is 6.09. The molecule has 0 radical (unpaired) electrons. The lowest BCUT2D eigenvalue weighted by Gasteiger charge is -2.34. The molecule has 0 saturated carbocycles. The zero-order valence-electron chi connectivity index (χ0n) is 13.9. The van der Waals surface area contributed by atoms with Crippen molar-refractivity contribution in [3.63, 3.8) is 0 Å². The minimum Gasteiger partial charge on any atom is -0.445 e. The SMILES string of the molecule is CCC[C@@]1(C(N)=O)CC(S)CN1C(=O)OCc1ccc([N+](=O)[O-])cc1. The summed E-state index contributed by atoms with van der Waals surface area (Å²) in [4.78, 5) is 36.0. The van der Waals surface area contributed by atoms with Crippen molar-refractivity contribution >= 4 is 30.3 Å². The van der Waals surface area contributed by atoms with E-state index in [2.05, 4.69) is 12.6 Å². The van der Waals surface area contributed by atoms with Gasteiger partial charge < -0.3 is 10.5 Å². The minimum atomic E-state index is -1.08. The average molecular weight is 367 g/mol. The summed E-state index contributed by atoms with van der Waals surface area (Å²) >= 11 is 4.39. The van der Waals surface area contributed by atoms with Crippen LogP contribution in [0.15, 0.2) is 24.3 Å². The fourth-order valence-electron chi connectivity index (χ4n) is 3.14. The van der Waals surface area contributed by atoms with E-state index in [4.69, 9.17) is 10.5 Å². The number of nitro groups is 1. The Morgan fingerprint density at radius 2 is 2.08 bits per heavy atom. The second kappa shape index (κ2) is 7.73. The molecule has 2 atom stereocenters. The molecule has 136 valence electrons. The van der Waals surface area contributed by atoms with Gasteiger partial charge in [0.05, 0.1) is 4.92 Å². The summed E-state index contributed by atoms with van der Waals surface area (Å²) in [6.07, 6.45) is 0.898. The van der Waals surface area contributed by atoms with Crippen molar-refractivity contribution < 1.29 is 19.2 Å². The maximum absolute atomic E-state index is 12.5. The van der Waals surface area contributed by atoms with Gasteiger partial charge in [0, 0.05) is 23.9 Å². The Labute approximate surface area is 150 Å². The molecule has 2 N–H and O–H groups in total. The first-order valence-electron chi connectivity index (χ1n) is 7.96. The van der Waals surface area contributed by atoms with Crippen LogP contribution in [-0.2, 0) is 16.1 Å². The summed E-state index contributed by atoms with van der Waals surface area (Å²) in [5.41, 5.74) is 5.07. The summed E-state index contributed by atoms with van der Waals surface area (Å²) < 4.78 is 5.29. The molecular weight excluding hydrogens is 346 g/mol. The Morgan fingerprint density at radius 3 is 2.60 bits per heavy atom. The standard InChI is InChI=1S/C16H21N3O5S/c1-2-7-16(14(17)20)8-13(25)9-18(16)15(21)24-10-11-3-5-12(6-4-11)19(22)23/h3-6,13,25H,2,7-10H2,1H3,(H2,17,20)/t13?,16-/m0/s1. The lowest BCUT2D eigenvalue weighted by atomic mass is 9.90. The number of nitrogens with zero attached hydrogens (tertiary/aromatic N) is 2. The van der Waals surface area contributed by atoms with Crippen LogP contribution in [-0.4, -0.2) is 39.2 Å². The van der Waals surface area contributed by atoms with E-state index in [1.807, 2.05) is 6.92 Å². The topological polar surface area (TPSA) is 116 Å². The summed E-state index contributed by atoms with van der Waals surface area (Å²) in [6.45, 7) is 2.15. The van der Waals surface area contributed by atoms with E-state index in [1.54, 1.807) is 0 Å². The number of carbonyl (C=O) groups excluding carboxylic acids is 2. The van der Waals surface area contributed by atoms with E-state index in [0.717, 1.165) is 0 Å². The molecule has 0 spiro atoms. The summed E-state index contributed by atoms with van der Waals surface area (Å²) in [6, 6.07) is 5.72. The maximum atomic E-state index is 12.5. The number of benzene rings is 1. The van der Waals surface area contributed by atoms with Crippen LogP contribution in [0, 0.1) is 10.1 Å². The Morgan fingerprint density at radius 1 is 1.44 bits per heavy atom. The molecule has 9 heteroatoms. The predicted octanol–water partition coefficient (Wildman–Crippen LogP) is 2.26. The first-order valence-corrected chi connectivity index (χ1v) is 8.47. The fraction of sp³-hybridized carbons (Fsp3) is 0.500. The van der Waals surface area contributed by atoms with Crippen LogP contribution in [0.3, 0.4) is 0 Å². The molecule has 0 aliphatic carbocycles. The highest BCUT2D eigenvalue weighted by Crippen LogP contribution is 2.36. The number of rotatable bonds is 6.